The van der Waals surface area contributed by atoms with E-state index in [0.717, 1.165) is 11.8 Å². The Bertz CT molecular complexity index is 1230. The molecule has 1 fully saturated rings. The highest BCUT2D eigenvalue weighted by Gasteiger charge is 2.39. The maximum atomic E-state index is 13.0. The van der Waals surface area contributed by atoms with Crippen molar-refractivity contribution in [1.82, 2.24) is 5.01 Å². The largest absolute Gasteiger partial charge is 0.495 e. The molecule has 1 atom stereocenters. The zero-order valence-corrected chi connectivity index (χ0v) is 19.6. The number of carbonyl (C=O) groups is 2. The van der Waals surface area contributed by atoms with Gasteiger partial charge in [0.15, 0.2) is 16.7 Å². The summed E-state index contributed by atoms with van der Waals surface area (Å²) in [4.78, 5) is 40.5. The number of non-ortho nitro benzene ring substituents is 1. The quantitative estimate of drug-likeness (QED) is 0.331. The molecule has 13 heteroatoms. The molecule has 182 valence electrons. The molecule has 0 radical (unpaired) electrons. The number of nitrogens with one attached hydrogen (secondary N) is 1. The van der Waals surface area contributed by atoms with E-state index in [0.29, 0.717) is 28.8 Å². The summed E-state index contributed by atoms with van der Waals surface area (Å²) in [5.41, 5.74) is 0.637. The van der Waals surface area contributed by atoms with E-state index in [1.54, 1.807) is 18.2 Å². The third kappa shape index (κ3) is 5.35. The summed E-state index contributed by atoms with van der Waals surface area (Å²) in [7, 11) is 1.39. The Balaban J connectivity index is 1.47. The number of thioether (sulfide) groups is 1. The van der Waals surface area contributed by atoms with E-state index in [1.807, 2.05) is 6.92 Å². The van der Waals surface area contributed by atoms with Gasteiger partial charge in [-0.2, -0.15) is 10.1 Å². The lowest BCUT2D eigenvalue weighted by Gasteiger charge is -2.11. The summed E-state index contributed by atoms with van der Waals surface area (Å²) < 4.78 is 15.8. The zero-order chi connectivity index (χ0) is 24.9. The van der Waals surface area contributed by atoms with Crippen molar-refractivity contribution in [2.45, 2.75) is 18.6 Å². The number of benzene rings is 2. The second-order valence-corrected chi connectivity index (χ2v) is 8.43. The van der Waals surface area contributed by atoms with Crippen LogP contribution in [0.2, 0.25) is 0 Å². The lowest BCUT2D eigenvalue weighted by atomic mass is 10.2. The highest BCUT2D eigenvalue weighted by molar-refractivity contribution is 8.15. The van der Waals surface area contributed by atoms with Gasteiger partial charge in [-0.3, -0.25) is 24.7 Å². The third-order valence-corrected chi connectivity index (χ3v) is 6.13. The van der Waals surface area contributed by atoms with Crippen LogP contribution in [0.4, 0.5) is 11.4 Å². The van der Waals surface area contributed by atoms with Gasteiger partial charge in [-0.15, -0.1) is 0 Å². The molecule has 1 saturated heterocycles. The number of hydrazone groups is 1. The topological polar surface area (TPSA) is 145 Å². The van der Waals surface area contributed by atoms with E-state index in [1.165, 1.54) is 36.5 Å². The predicted molar refractivity (Wildman–Crippen MR) is 129 cm³/mol. The average Bonchev–Trinajstić information content (AvgIpc) is 3.42. The molecule has 2 aliphatic rings. The summed E-state index contributed by atoms with van der Waals surface area (Å²) in [5.74, 6) is 0.573. The van der Waals surface area contributed by atoms with E-state index in [4.69, 9.17) is 14.2 Å². The summed E-state index contributed by atoms with van der Waals surface area (Å²) in [5, 5.41) is 18.7. The molecule has 35 heavy (non-hydrogen) atoms. The molecule has 0 aromatic heterocycles. The van der Waals surface area contributed by atoms with Crippen LogP contribution < -0.4 is 19.5 Å². The molecule has 0 spiro atoms. The number of ether oxygens (including phenoxy) is 3. The third-order valence-electron chi connectivity index (χ3n) is 4.96. The van der Waals surface area contributed by atoms with Crippen molar-refractivity contribution in [3.63, 3.8) is 0 Å². The van der Waals surface area contributed by atoms with Gasteiger partial charge in [0.05, 0.1) is 23.9 Å². The number of amidine groups is 1. The molecule has 12 nitrogen and oxygen atoms in total. The molecule has 2 aliphatic heterocycles. The molecule has 2 amide bonds. The summed E-state index contributed by atoms with van der Waals surface area (Å²) in [6.45, 7) is 2.40. The predicted octanol–water partition coefficient (Wildman–Crippen LogP) is 3.01. The first-order chi connectivity index (χ1) is 16.9. The number of amides is 2. The first-order valence-corrected chi connectivity index (χ1v) is 11.4. The van der Waals surface area contributed by atoms with Crippen LogP contribution in [0.1, 0.15) is 18.9 Å². The standard InChI is InChI=1S/C22H21N5O7S/c1-3-23-22-26(24-11-13-4-6-17-18(8-13)34-12-33-17)21(29)19(35-22)10-20(28)25-15-9-14(27(30)31)5-7-16(15)32-2/h4-9,11,19H,3,10,12H2,1-2H3,(H,25,28). The van der Waals surface area contributed by atoms with Crippen molar-refractivity contribution in [3.05, 3.63) is 52.1 Å². The van der Waals surface area contributed by atoms with Gasteiger partial charge in [0, 0.05) is 25.1 Å². The summed E-state index contributed by atoms with van der Waals surface area (Å²) in [6, 6.07) is 9.13. The second-order valence-electron chi connectivity index (χ2n) is 7.26. The normalized spacial score (nSPS) is 17.9. The number of carbonyl (C=O) groups excluding carboxylic acids is 2. The highest BCUT2D eigenvalue weighted by atomic mass is 32.2. The molecule has 0 saturated carbocycles. The van der Waals surface area contributed by atoms with Gasteiger partial charge in [0.1, 0.15) is 11.0 Å². The molecule has 2 aromatic rings. The number of nitrogens with zero attached hydrogens (tertiary/aromatic N) is 4. The second kappa shape index (κ2) is 10.4. The fourth-order valence-corrected chi connectivity index (χ4v) is 4.46. The lowest BCUT2D eigenvalue weighted by molar-refractivity contribution is -0.384. The van der Waals surface area contributed by atoms with Gasteiger partial charge in [-0.05, 0) is 36.8 Å². The van der Waals surface area contributed by atoms with Crippen LogP contribution in [0, 0.1) is 10.1 Å². The SMILES string of the molecule is CCN=C1SC(CC(=O)Nc2cc([N+](=O)[O-])ccc2OC)C(=O)N1N=Cc1ccc2c(c1)OCO2. The van der Waals surface area contributed by atoms with Crippen molar-refractivity contribution in [1.29, 1.82) is 0 Å². The van der Waals surface area contributed by atoms with E-state index >= 15 is 0 Å². The van der Waals surface area contributed by atoms with Gasteiger partial charge in [0.2, 0.25) is 12.7 Å². The van der Waals surface area contributed by atoms with E-state index in [-0.39, 0.29) is 30.3 Å². The molecule has 0 bridgehead atoms. The van der Waals surface area contributed by atoms with Crippen LogP contribution in [-0.4, -0.2) is 58.8 Å². The van der Waals surface area contributed by atoms with Gasteiger partial charge in [-0.1, -0.05) is 11.8 Å². The number of aliphatic imine (C=N–C) groups is 1. The lowest BCUT2D eigenvalue weighted by Crippen LogP contribution is -2.30. The van der Waals surface area contributed by atoms with E-state index < -0.39 is 22.0 Å². The van der Waals surface area contributed by atoms with Gasteiger partial charge in [0.25, 0.3) is 11.6 Å². The minimum absolute atomic E-state index is 0.141. The van der Waals surface area contributed by atoms with E-state index in [9.17, 15) is 19.7 Å². The van der Waals surface area contributed by atoms with Crippen molar-refractivity contribution in [2.75, 3.05) is 25.8 Å². The van der Waals surface area contributed by atoms with Crippen molar-refractivity contribution >= 4 is 46.3 Å². The molecular weight excluding hydrogens is 478 g/mol. The van der Waals surface area contributed by atoms with Crippen LogP contribution in [0.15, 0.2) is 46.5 Å². The number of rotatable bonds is 8. The highest BCUT2D eigenvalue weighted by Crippen LogP contribution is 2.34. The Kier molecular flexibility index (Phi) is 7.15. The first-order valence-electron chi connectivity index (χ1n) is 10.5. The van der Waals surface area contributed by atoms with Crippen molar-refractivity contribution in [3.8, 4) is 17.2 Å². The molecule has 0 aliphatic carbocycles. The Labute approximate surface area is 204 Å². The molecule has 1 unspecified atom stereocenters. The van der Waals surface area contributed by atoms with Crippen LogP contribution in [0.5, 0.6) is 17.2 Å². The maximum Gasteiger partial charge on any atom is 0.271 e. The monoisotopic (exact) mass is 499 g/mol. The van der Waals surface area contributed by atoms with Gasteiger partial charge in [-0.25, -0.2) is 0 Å². The Hall–Kier alpha value is -4.13. The number of fused-ring (bicyclic) bond motifs is 1. The van der Waals surface area contributed by atoms with Crippen molar-refractivity contribution < 1.29 is 28.7 Å². The fourth-order valence-electron chi connectivity index (χ4n) is 3.33. The molecular formula is C22H21N5O7S. The van der Waals surface area contributed by atoms with E-state index in [2.05, 4.69) is 15.4 Å². The molecule has 2 aromatic carbocycles. The number of hydrogen-bond acceptors (Lipinski definition) is 10. The van der Waals surface area contributed by atoms with Crippen LogP contribution >= 0.6 is 11.8 Å². The Morgan fingerprint density at radius 1 is 1.31 bits per heavy atom. The minimum atomic E-state index is -0.765. The summed E-state index contributed by atoms with van der Waals surface area (Å²) in [6.07, 6.45) is 1.32. The van der Waals surface area contributed by atoms with Crippen LogP contribution in [0.3, 0.4) is 0 Å². The van der Waals surface area contributed by atoms with Crippen LogP contribution in [0.25, 0.3) is 0 Å². The number of nitro benzene ring substituents is 1. The zero-order valence-electron chi connectivity index (χ0n) is 18.8. The Morgan fingerprint density at radius 3 is 2.86 bits per heavy atom. The average molecular weight is 500 g/mol. The molecule has 4 rings (SSSR count). The first kappa shape index (κ1) is 24.0. The minimum Gasteiger partial charge on any atom is -0.495 e. The smallest absolute Gasteiger partial charge is 0.271 e. The van der Waals surface area contributed by atoms with Gasteiger partial charge >= 0.3 is 0 Å². The number of nitro groups is 1. The number of methoxy groups -OCH3 is 1. The summed E-state index contributed by atoms with van der Waals surface area (Å²) >= 11 is 1.13. The van der Waals surface area contributed by atoms with Gasteiger partial charge < -0.3 is 19.5 Å². The molecule has 2 heterocycles. The fraction of sp³-hybridized carbons (Fsp3) is 0.273. The number of anilines is 1. The maximum absolute atomic E-state index is 13.0. The van der Waals surface area contributed by atoms with Crippen LogP contribution in [-0.2, 0) is 9.59 Å². The molecule has 1 N–H and O–H groups in total. The number of hydrogen-bond donors (Lipinski definition) is 1. The Morgan fingerprint density at radius 2 is 2.11 bits per heavy atom. The van der Waals surface area contributed by atoms with Crippen molar-refractivity contribution in [2.24, 2.45) is 10.1 Å².